The topological polar surface area (TPSA) is 26.0 Å². The summed E-state index contributed by atoms with van der Waals surface area (Å²) in [4.78, 5) is 2.60. The van der Waals surface area contributed by atoms with E-state index in [0.29, 0.717) is 0 Å². The summed E-state index contributed by atoms with van der Waals surface area (Å²) < 4.78 is 0. The van der Waals surface area contributed by atoms with Crippen molar-refractivity contribution in [2.24, 2.45) is 5.73 Å². The Morgan fingerprint density at radius 1 is 1.29 bits per heavy atom. The summed E-state index contributed by atoms with van der Waals surface area (Å²) >= 11 is 7.76. The molecule has 90 valence electrons. The van der Waals surface area contributed by atoms with Gasteiger partial charge in [-0.1, -0.05) is 23.7 Å². The first-order chi connectivity index (χ1) is 8.06. The third kappa shape index (κ3) is 3.09. The minimum absolute atomic E-state index is 0.0622. The van der Waals surface area contributed by atoms with Gasteiger partial charge in [-0.2, -0.15) is 0 Å². The van der Waals surface area contributed by atoms with Crippen molar-refractivity contribution in [3.05, 3.63) is 56.2 Å². The fraction of sp³-hybridized carbons (Fsp3) is 0.286. The second-order valence-electron chi connectivity index (χ2n) is 4.34. The molecule has 0 bridgehead atoms. The van der Waals surface area contributed by atoms with E-state index in [1.54, 1.807) is 11.3 Å². The maximum absolute atomic E-state index is 6.26. The van der Waals surface area contributed by atoms with Crippen molar-refractivity contribution in [2.45, 2.75) is 26.3 Å². The van der Waals surface area contributed by atoms with Crippen LogP contribution in [0.25, 0.3) is 0 Å². The predicted octanol–water partition coefficient (Wildman–Crippen LogP) is 4.26. The summed E-state index contributed by atoms with van der Waals surface area (Å²) in [5, 5.41) is 0.772. The molecule has 2 N–H and O–H groups in total. The summed E-state index contributed by atoms with van der Waals surface area (Å²) in [6.45, 7) is 4.24. The van der Waals surface area contributed by atoms with Gasteiger partial charge in [0, 0.05) is 20.8 Å². The number of rotatable bonds is 3. The van der Waals surface area contributed by atoms with Crippen LogP contribution in [0.5, 0.6) is 0 Å². The molecule has 1 aromatic carbocycles. The minimum atomic E-state index is 0.0622. The van der Waals surface area contributed by atoms with Crippen molar-refractivity contribution in [2.75, 3.05) is 0 Å². The maximum atomic E-state index is 6.26. The molecule has 2 rings (SSSR count). The van der Waals surface area contributed by atoms with Gasteiger partial charge in [-0.25, -0.2) is 0 Å². The maximum Gasteiger partial charge on any atom is 0.0433 e. The van der Waals surface area contributed by atoms with Crippen LogP contribution in [-0.2, 0) is 6.42 Å². The van der Waals surface area contributed by atoms with E-state index in [1.165, 1.54) is 20.9 Å². The van der Waals surface area contributed by atoms with Gasteiger partial charge in [0.1, 0.15) is 0 Å². The van der Waals surface area contributed by atoms with E-state index in [0.717, 1.165) is 11.4 Å². The molecule has 0 saturated carbocycles. The van der Waals surface area contributed by atoms with Crippen LogP contribution in [0, 0.1) is 13.8 Å². The van der Waals surface area contributed by atoms with Gasteiger partial charge in [0.25, 0.3) is 0 Å². The molecule has 2 aromatic rings. The van der Waals surface area contributed by atoms with Crippen molar-refractivity contribution in [1.29, 1.82) is 0 Å². The highest BCUT2D eigenvalue weighted by atomic mass is 35.5. The lowest BCUT2D eigenvalue weighted by Gasteiger charge is -2.11. The molecular weight excluding hydrogens is 250 g/mol. The Hall–Kier alpha value is -0.830. The van der Waals surface area contributed by atoms with Crippen molar-refractivity contribution >= 4 is 22.9 Å². The predicted molar refractivity (Wildman–Crippen MR) is 75.9 cm³/mol. The molecule has 17 heavy (non-hydrogen) atoms. The zero-order valence-corrected chi connectivity index (χ0v) is 11.6. The first-order valence-corrected chi connectivity index (χ1v) is 6.82. The third-order valence-electron chi connectivity index (χ3n) is 2.76. The molecule has 0 aliphatic carbocycles. The third-order valence-corrected chi connectivity index (χ3v) is 4.28. The average Bonchev–Trinajstić information content (AvgIpc) is 2.58. The number of hydrogen-bond acceptors (Lipinski definition) is 2. The molecule has 0 aliphatic heterocycles. The number of halogens is 1. The van der Waals surface area contributed by atoms with E-state index in [4.69, 9.17) is 17.3 Å². The monoisotopic (exact) mass is 265 g/mol. The van der Waals surface area contributed by atoms with Crippen LogP contribution >= 0.6 is 22.9 Å². The second kappa shape index (κ2) is 5.21. The summed E-state index contributed by atoms with van der Waals surface area (Å²) in [6, 6.07) is 10.2. The number of aryl methyl sites for hydroxylation is 2. The van der Waals surface area contributed by atoms with Crippen LogP contribution in [0.2, 0.25) is 5.02 Å². The molecule has 0 amide bonds. The summed E-state index contributed by atoms with van der Waals surface area (Å²) in [5.41, 5.74) is 8.74. The van der Waals surface area contributed by atoms with Crippen molar-refractivity contribution in [3.8, 4) is 0 Å². The molecule has 0 fully saturated rings. The molecule has 0 radical (unpaired) electrons. The Morgan fingerprint density at radius 3 is 2.65 bits per heavy atom. The Labute approximate surface area is 111 Å². The molecule has 1 nitrogen and oxygen atoms in total. The molecule has 1 unspecified atom stereocenters. The first kappa shape index (κ1) is 12.6. The van der Waals surface area contributed by atoms with Gasteiger partial charge in [-0.05, 0) is 49.6 Å². The number of thiophene rings is 1. The van der Waals surface area contributed by atoms with Gasteiger partial charge < -0.3 is 5.73 Å². The van der Waals surface area contributed by atoms with E-state index >= 15 is 0 Å². The van der Waals surface area contributed by atoms with E-state index < -0.39 is 0 Å². The van der Waals surface area contributed by atoms with Gasteiger partial charge in [0.2, 0.25) is 0 Å². The lowest BCUT2D eigenvalue weighted by atomic mass is 10.0. The quantitative estimate of drug-likeness (QED) is 0.882. The Balaban J connectivity index is 2.16. The molecule has 1 heterocycles. The van der Waals surface area contributed by atoms with Crippen LogP contribution < -0.4 is 5.73 Å². The van der Waals surface area contributed by atoms with E-state index in [1.807, 2.05) is 18.2 Å². The lowest BCUT2D eigenvalue weighted by molar-refractivity contribution is 0.732. The van der Waals surface area contributed by atoms with Gasteiger partial charge in [-0.3, -0.25) is 0 Å². The Kier molecular flexibility index (Phi) is 3.87. The van der Waals surface area contributed by atoms with E-state index in [-0.39, 0.29) is 6.04 Å². The van der Waals surface area contributed by atoms with E-state index in [9.17, 15) is 0 Å². The molecule has 0 aliphatic rings. The Bertz CT molecular complexity index is 519. The highest BCUT2D eigenvalue weighted by Gasteiger charge is 2.12. The molecule has 3 heteroatoms. The van der Waals surface area contributed by atoms with Crippen LogP contribution in [-0.4, -0.2) is 0 Å². The number of benzene rings is 1. The molecular formula is C14H16ClNS. The SMILES string of the molecule is Cc1cc(C)c(C(N)Cc2cccc(Cl)c2)s1. The summed E-state index contributed by atoms with van der Waals surface area (Å²) in [7, 11) is 0. The van der Waals surface area contributed by atoms with Gasteiger partial charge in [-0.15, -0.1) is 11.3 Å². The molecule has 1 aromatic heterocycles. The normalized spacial score (nSPS) is 12.7. The van der Waals surface area contributed by atoms with Gasteiger partial charge in [0.15, 0.2) is 0 Å². The highest BCUT2D eigenvalue weighted by Crippen LogP contribution is 2.28. The molecule has 0 spiro atoms. The average molecular weight is 266 g/mol. The van der Waals surface area contributed by atoms with Crippen molar-refractivity contribution in [3.63, 3.8) is 0 Å². The highest BCUT2D eigenvalue weighted by molar-refractivity contribution is 7.12. The molecule has 0 saturated heterocycles. The zero-order chi connectivity index (χ0) is 12.4. The first-order valence-electron chi connectivity index (χ1n) is 5.63. The second-order valence-corrected chi connectivity index (χ2v) is 6.07. The Morgan fingerprint density at radius 2 is 2.06 bits per heavy atom. The van der Waals surface area contributed by atoms with Gasteiger partial charge in [0.05, 0.1) is 0 Å². The fourth-order valence-electron chi connectivity index (χ4n) is 2.04. The molecule has 1 atom stereocenters. The lowest BCUT2D eigenvalue weighted by Crippen LogP contribution is -2.12. The van der Waals surface area contributed by atoms with Crippen molar-refractivity contribution < 1.29 is 0 Å². The largest absolute Gasteiger partial charge is 0.323 e. The summed E-state index contributed by atoms with van der Waals surface area (Å²) in [6.07, 6.45) is 0.835. The van der Waals surface area contributed by atoms with Crippen LogP contribution in [0.4, 0.5) is 0 Å². The summed E-state index contributed by atoms with van der Waals surface area (Å²) in [5.74, 6) is 0. The van der Waals surface area contributed by atoms with Crippen molar-refractivity contribution in [1.82, 2.24) is 0 Å². The standard InChI is InChI=1S/C14H16ClNS/c1-9-6-10(2)17-14(9)13(16)8-11-4-3-5-12(15)7-11/h3-7,13H,8,16H2,1-2H3. The minimum Gasteiger partial charge on any atom is -0.323 e. The number of nitrogens with two attached hydrogens (primary N) is 1. The zero-order valence-electron chi connectivity index (χ0n) is 10.0. The van der Waals surface area contributed by atoms with Crippen LogP contribution in [0.1, 0.15) is 26.9 Å². The van der Waals surface area contributed by atoms with E-state index in [2.05, 4.69) is 26.0 Å². The van der Waals surface area contributed by atoms with Gasteiger partial charge >= 0.3 is 0 Å². The fourth-order valence-corrected chi connectivity index (χ4v) is 3.29. The smallest absolute Gasteiger partial charge is 0.0433 e. The van der Waals surface area contributed by atoms with Crippen LogP contribution in [0.15, 0.2) is 30.3 Å². The number of hydrogen-bond donors (Lipinski definition) is 1. The van der Waals surface area contributed by atoms with Crippen LogP contribution in [0.3, 0.4) is 0 Å².